The molecule has 0 aliphatic carbocycles. The summed E-state index contributed by atoms with van der Waals surface area (Å²) in [7, 11) is 1.12. The summed E-state index contributed by atoms with van der Waals surface area (Å²) in [6.07, 6.45) is -5.06. The fourth-order valence-corrected chi connectivity index (χ4v) is 2.71. The first kappa shape index (κ1) is 19.4. The summed E-state index contributed by atoms with van der Waals surface area (Å²) in [6, 6.07) is 0. The van der Waals surface area contributed by atoms with Crippen LogP contribution in [-0.4, -0.2) is 60.4 Å². The summed E-state index contributed by atoms with van der Waals surface area (Å²) in [5, 5.41) is -0.980. The maximum absolute atomic E-state index is 11.9. The van der Waals surface area contributed by atoms with Crippen LogP contribution in [0.2, 0.25) is 0 Å². The summed E-state index contributed by atoms with van der Waals surface area (Å²) in [4.78, 5) is 45.8. The minimum atomic E-state index is -1.36. The normalized spacial score (nSPS) is 30.0. The molecule has 0 aromatic rings. The first-order valence-electron chi connectivity index (χ1n) is 6.56. The van der Waals surface area contributed by atoms with Crippen LogP contribution >= 0.6 is 15.9 Å². The fraction of sp³-hybridized carbons (Fsp3) is 0.692. The van der Waals surface area contributed by atoms with E-state index in [1.807, 2.05) is 0 Å². The van der Waals surface area contributed by atoms with Crippen LogP contribution in [0.5, 0.6) is 0 Å². The van der Waals surface area contributed by atoms with Gasteiger partial charge in [0.1, 0.15) is 0 Å². The summed E-state index contributed by atoms with van der Waals surface area (Å²) in [6.45, 7) is 3.39. The van der Waals surface area contributed by atoms with E-state index in [4.69, 9.17) is 18.9 Å². The molecule has 1 rings (SSSR count). The van der Waals surface area contributed by atoms with Crippen LogP contribution in [0.25, 0.3) is 0 Å². The van der Waals surface area contributed by atoms with E-state index in [1.54, 1.807) is 0 Å². The van der Waals surface area contributed by atoms with E-state index in [1.165, 1.54) is 0 Å². The predicted molar refractivity (Wildman–Crippen MR) is 76.3 cm³/mol. The maximum atomic E-state index is 11.9. The lowest BCUT2D eigenvalue weighted by atomic mass is 9.99. The second-order valence-electron chi connectivity index (χ2n) is 4.65. The standard InChI is InChI=1S/C13H17BrO9/c1-5(15)20-8-9(21-6(2)16)11(13(18)19-4)23-12(14)10(8)22-7(3)17/h8-12H,1-4H3/t8?,9?,10?,11-,12?/m0/s1. The first-order valence-corrected chi connectivity index (χ1v) is 7.48. The molecule has 0 radical (unpaired) electrons. The van der Waals surface area contributed by atoms with Gasteiger partial charge in [0.25, 0.3) is 0 Å². The fourth-order valence-electron chi connectivity index (χ4n) is 2.07. The number of esters is 4. The number of methoxy groups -OCH3 is 1. The molecule has 1 saturated heterocycles. The molecule has 0 spiro atoms. The van der Waals surface area contributed by atoms with Crippen molar-refractivity contribution in [3.05, 3.63) is 0 Å². The van der Waals surface area contributed by atoms with Gasteiger partial charge in [-0.25, -0.2) is 4.79 Å². The average Bonchev–Trinajstić information content (AvgIpc) is 2.43. The highest BCUT2D eigenvalue weighted by molar-refractivity contribution is 9.09. The highest BCUT2D eigenvalue weighted by atomic mass is 79.9. The van der Waals surface area contributed by atoms with Crippen molar-refractivity contribution in [2.45, 2.75) is 50.2 Å². The molecular formula is C13H17BrO9. The average molecular weight is 397 g/mol. The smallest absolute Gasteiger partial charge is 0.339 e. The number of rotatable bonds is 4. The molecule has 0 amide bonds. The molecular weight excluding hydrogens is 380 g/mol. The molecule has 23 heavy (non-hydrogen) atoms. The van der Waals surface area contributed by atoms with Crippen LogP contribution in [0, 0.1) is 0 Å². The Bertz CT molecular complexity index is 492. The molecule has 4 unspecified atom stereocenters. The lowest BCUT2D eigenvalue weighted by Gasteiger charge is -2.41. The van der Waals surface area contributed by atoms with Crippen molar-refractivity contribution < 1.29 is 42.9 Å². The van der Waals surface area contributed by atoms with Gasteiger partial charge in [0, 0.05) is 20.8 Å². The van der Waals surface area contributed by atoms with Crippen molar-refractivity contribution in [3.8, 4) is 0 Å². The summed E-state index contributed by atoms with van der Waals surface area (Å²) >= 11 is 3.11. The highest BCUT2D eigenvalue weighted by Gasteiger charge is 2.53. The zero-order valence-corrected chi connectivity index (χ0v) is 14.5. The number of hydrogen-bond acceptors (Lipinski definition) is 9. The third-order valence-electron chi connectivity index (χ3n) is 2.82. The third kappa shape index (κ3) is 5.17. The van der Waals surface area contributed by atoms with E-state index in [2.05, 4.69) is 20.7 Å². The van der Waals surface area contributed by atoms with Crippen LogP contribution in [0.4, 0.5) is 0 Å². The topological polar surface area (TPSA) is 114 Å². The Morgan fingerprint density at radius 3 is 1.70 bits per heavy atom. The Kier molecular flexibility index (Phi) is 6.95. The summed E-state index contributed by atoms with van der Waals surface area (Å²) in [5.74, 6) is -2.95. The van der Waals surface area contributed by atoms with E-state index in [0.29, 0.717) is 0 Å². The monoisotopic (exact) mass is 396 g/mol. The first-order chi connectivity index (χ1) is 10.7. The molecule has 130 valence electrons. The molecule has 0 N–H and O–H groups in total. The zero-order chi connectivity index (χ0) is 17.7. The van der Waals surface area contributed by atoms with Crippen molar-refractivity contribution in [1.82, 2.24) is 0 Å². The van der Waals surface area contributed by atoms with Gasteiger partial charge in [-0.15, -0.1) is 0 Å². The van der Waals surface area contributed by atoms with Crippen molar-refractivity contribution in [3.63, 3.8) is 0 Å². The summed E-state index contributed by atoms with van der Waals surface area (Å²) in [5.41, 5.74) is 0. The molecule has 1 fully saturated rings. The van der Waals surface area contributed by atoms with Crippen molar-refractivity contribution in [1.29, 1.82) is 0 Å². The van der Waals surface area contributed by atoms with Gasteiger partial charge in [-0.1, -0.05) is 15.9 Å². The van der Waals surface area contributed by atoms with Gasteiger partial charge < -0.3 is 23.7 Å². The highest BCUT2D eigenvalue weighted by Crippen LogP contribution is 2.31. The van der Waals surface area contributed by atoms with E-state index in [-0.39, 0.29) is 0 Å². The van der Waals surface area contributed by atoms with Crippen molar-refractivity contribution >= 4 is 39.8 Å². The van der Waals surface area contributed by atoms with E-state index in [9.17, 15) is 19.2 Å². The molecule has 1 aliphatic heterocycles. The van der Waals surface area contributed by atoms with E-state index in [0.717, 1.165) is 27.9 Å². The lowest BCUT2D eigenvalue weighted by Crippen LogP contribution is -2.61. The van der Waals surface area contributed by atoms with Crippen molar-refractivity contribution in [2.75, 3.05) is 7.11 Å². The van der Waals surface area contributed by atoms with Gasteiger partial charge >= 0.3 is 23.9 Å². The molecule has 0 aromatic heterocycles. The van der Waals surface area contributed by atoms with Crippen LogP contribution in [0.3, 0.4) is 0 Å². The number of carbonyl (C=O) groups excluding carboxylic acids is 4. The third-order valence-corrected chi connectivity index (χ3v) is 3.56. The molecule has 1 heterocycles. The number of alkyl halides is 1. The van der Waals surface area contributed by atoms with Crippen LogP contribution < -0.4 is 0 Å². The van der Waals surface area contributed by atoms with Crippen LogP contribution in [0.15, 0.2) is 0 Å². The second kappa shape index (κ2) is 8.25. The van der Waals surface area contributed by atoms with E-state index < -0.39 is 53.3 Å². The molecule has 1 aliphatic rings. The Balaban J connectivity index is 3.21. The number of carbonyl (C=O) groups is 4. The molecule has 9 nitrogen and oxygen atoms in total. The lowest BCUT2D eigenvalue weighted by molar-refractivity contribution is -0.234. The molecule has 0 saturated carbocycles. The second-order valence-corrected chi connectivity index (χ2v) is 5.56. The molecule has 0 bridgehead atoms. The zero-order valence-electron chi connectivity index (χ0n) is 12.9. The van der Waals surface area contributed by atoms with Crippen LogP contribution in [0.1, 0.15) is 20.8 Å². The summed E-state index contributed by atoms with van der Waals surface area (Å²) < 4.78 is 25.2. The van der Waals surface area contributed by atoms with Crippen molar-refractivity contribution in [2.24, 2.45) is 0 Å². The number of hydrogen-bond donors (Lipinski definition) is 0. The van der Waals surface area contributed by atoms with Gasteiger partial charge in [0.15, 0.2) is 29.4 Å². The minimum Gasteiger partial charge on any atom is -0.467 e. The van der Waals surface area contributed by atoms with Gasteiger partial charge in [-0.2, -0.15) is 0 Å². The van der Waals surface area contributed by atoms with E-state index >= 15 is 0 Å². The van der Waals surface area contributed by atoms with Crippen LogP contribution in [-0.2, 0) is 42.9 Å². The molecule has 5 atom stereocenters. The number of ether oxygens (including phenoxy) is 5. The molecule has 0 aromatic carbocycles. The Morgan fingerprint density at radius 2 is 1.26 bits per heavy atom. The SMILES string of the molecule is COC(=O)[C@H]1OC(Br)C(OC(C)=O)C(OC(C)=O)C1OC(C)=O. The predicted octanol–water partition coefficient (Wildman–Crippen LogP) is 0.0743. The van der Waals surface area contributed by atoms with Gasteiger partial charge in [-0.3, -0.25) is 14.4 Å². The maximum Gasteiger partial charge on any atom is 0.339 e. The Morgan fingerprint density at radius 1 is 0.826 bits per heavy atom. The van der Waals surface area contributed by atoms with Gasteiger partial charge in [0.2, 0.25) is 0 Å². The Hall–Kier alpha value is -1.68. The Labute approximate surface area is 140 Å². The van der Waals surface area contributed by atoms with Gasteiger partial charge in [-0.05, 0) is 0 Å². The largest absolute Gasteiger partial charge is 0.467 e. The minimum absolute atomic E-state index is 0.668. The molecule has 10 heteroatoms. The van der Waals surface area contributed by atoms with Gasteiger partial charge in [0.05, 0.1) is 7.11 Å². The number of halogens is 1. The quantitative estimate of drug-likeness (QED) is 0.369.